The van der Waals surface area contributed by atoms with Gasteiger partial charge in [0.1, 0.15) is 10.8 Å². The molecule has 4 nitrogen and oxygen atoms in total. The van der Waals surface area contributed by atoms with Crippen molar-refractivity contribution in [3.05, 3.63) is 75.1 Å². The van der Waals surface area contributed by atoms with Crippen LogP contribution < -0.4 is 10.1 Å². The largest absolute Gasteiger partial charge is 0.497 e. The molecule has 0 fully saturated rings. The predicted molar refractivity (Wildman–Crippen MR) is 139 cm³/mol. The van der Waals surface area contributed by atoms with Crippen molar-refractivity contribution in [3.8, 4) is 5.75 Å². The molecule has 1 aromatic heterocycles. The van der Waals surface area contributed by atoms with Crippen LogP contribution in [0.1, 0.15) is 53.6 Å². The number of nitrogens with one attached hydrogen (secondary N) is 1. The summed E-state index contributed by atoms with van der Waals surface area (Å²) in [5, 5.41) is 4.37. The second-order valence-corrected chi connectivity index (χ2v) is 11.0. The summed E-state index contributed by atoms with van der Waals surface area (Å²) in [5.74, 6) is 1.25. The quantitative estimate of drug-likeness (QED) is 0.383. The SMILES string of the molecule is COc1ccc(/C=N/c2sc3c(c2C(=O)Nc2cccc(Cl)c2)CCC(C(C)(C)C)C3)cc1. The Balaban J connectivity index is 1.68. The molecule has 172 valence electrons. The van der Waals surface area contributed by atoms with E-state index in [0.717, 1.165) is 41.1 Å². The van der Waals surface area contributed by atoms with E-state index >= 15 is 0 Å². The molecule has 1 atom stereocenters. The molecule has 1 N–H and O–H groups in total. The lowest BCUT2D eigenvalue weighted by molar-refractivity contribution is 0.102. The van der Waals surface area contributed by atoms with Crippen LogP contribution in [-0.2, 0) is 12.8 Å². The normalized spacial score (nSPS) is 16.0. The molecule has 0 aliphatic heterocycles. The van der Waals surface area contributed by atoms with Crippen molar-refractivity contribution in [2.75, 3.05) is 12.4 Å². The van der Waals surface area contributed by atoms with Crippen LogP contribution in [0.2, 0.25) is 5.02 Å². The average Bonchev–Trinajstić information content (AvgIpc) is 3.15. The van der Waals surface area contributed by atoms with E-state index in [1.165, 1.54) is 4.88 Å². The lowest BCUT2D eigenvalue weighted by Crippen LogP contribution is -2.27. The second-order valence-electron chi connectivity index (χ2n) is 9.49. The van der Waals surface area contributed by atoms with Crippen LogP contribution in [0.3, 0.4) is 0 Å². The first kappa shape index (κ1) is 23.5. The molecule has 0 spiro atoms. The molecule has 1 unspecified atom stereocenters. The molecule has 0 radical (unpaired) electrons. The molecule has 1 aliphatic carbocycles. The zero-order valence-corrected chi connectivity index (χ0v) is 21.0. The summed E-state index contributed by atoms with van der Waals surface area (Å²) in [7, 11) is 1.65. The molecule has 4 rings (SSSR count). The number of amides is 1. The van der Waals surface area contributed by atoms with Crippen LogP contribution in [0.4, 0.5) is 10.7 Å². The summed E-state index contributed by atoms with van der Waals surface area (Å²) in [4.78, 5) is 19.5. The van der Waals surface area contributed by atoms with Crippen molar-refractivity contribution < 1.29 is 9.53 Å². The molecule has 1 aliphatic rings. The van der Waals surface area contributed by atoms with E-state index < -0.39 is 0 Å². The minimum absolute atomic E-state index is 0.133. The van der Waals surface area contributed by atoms with Gasteiger partial charge in [0.05, 0.1) is 12.7 Å². The first-order valence-electron chi connectivity index (χ1n) is 11.1. The molecule has 0 bridgehead atoms. The van der Waals surface area contributed by atoms with Gasteiger partial charge in [-0.2, -0.15) is 0 Å². The Hall–Kier alpha value is -2.63. The maximum atomic E-state index is 13.4. The average molecular weight is 481 g/mol. The number of methoxy groups -OCH3 is 1. The Labute approximate surface area is 204 Å². The highest BCUT2D eigenvalue weighted by Gasteiger charge is 2.33. The van der Waals surface area contributed by atoms with Crippen LogP contribution >= 0.6 is 22.9 Å². The zero-order chi connectivity index (χ0) is 23.6. The van der Waals surface area contributed by atoms with Gasteiger partial charge in [-0.15, -0.1) is 11.3 Å². The van der Waals surface area contributed by atoms with Crippen LogP contribution in [0, 0.1) is 11.3 Å². The number of carbonyl (C=O) groups excluding carboxylic acids is 1. The topological polar surface area (TPSA) is 50.7 Å². The van der Waals surface area contributed by atoms with Crippen molar-refractivity contribution in [3.63, 3.8) is 0 Å². The van der Waals surface area contributed by atoms with Gasteiger partial charge in [0.2, 0.25) is 0 Å². The number of anilines is 1. The van der Waals surface area contributed by atoms with E-state index in [2.05, 4.69) is 26.1 Å². The maximum Gasteiger partial charge on any atom is 0.259 e. The molecule has 33 heavy (non-hydrogen) atoms. The summed E-state index contributed by atoms with van der Waals surface area (Å²) in [6, 6.07) is 14.9. The molecule has 1 amide bonds. The summed E-state index contributed by atoms with van der Waals surface area (Å²) < 4.78 is 5.24. The van der Waals surface area contributed by atoms with E-state index in [0.29, 0.717) is 22.2 Å². The van der Waals surface area contributed by atoms with Gasteiger partial charge in [-0.1, -0.05) is 38.4 Å². The minimum Gasteiger partial charge on any atom is -0.497 e. The monoisotopic (exact) mass is 480 g/mol. The summed E-state index contributed by atoms with van der Waals surface area (Å²) in [5.41, 5.74) is 3.70. The number of carbonyl (C=O) groups is 1. The molecule has 1 heterocycles. The maximum absolute atomic E-state index is 13.4. The van der Waals surface area contributed by atoms with Gasteiger partial charge in [-0.25, -0.2) is 4.99 Å². The van der Waals surface area contributed by atoms with E-state index in [9.17, 15) is 4.79 Å². The standard InChI is InChI=1S/C27H29ClN2O2S/c1-27(2,3)18-10-13-22-23(14-18)33-26(29-16-17-8-11-21(32-4)12-9-17)24(22)25(31)30-20-7-5-6-19(28)15-20/h5-9,11-12,15-16,18H,10,13-14H2,1-4H3,(H,30,31)/b29-16+. The molecule has 2 aromatic carbocycles. The summed E-state index contributed by atoms with van der Waals surface area (Å²) >= 11 is 7.76. The third kappa shape index (κ3) is 5.48. The number of nitrogens with zero attached hydrogens (tertiary/aromatic N) is 1. The fourth-order valence-electron chi connectivity index (χ4n) is 4.22. The fourth-order valence-corrected chi connectivity index (χ4v) is 5.68. The number of rotatable bonds is 5. The van der Waals surface area contributed by atoms with E-state index in [1.54, 1.807) is 30.6 Å². The number of halogens is 1. The Morgan fingerprint density at radius 2 is 1.97 bits per heavy atom. The lowest BCUT2D eigenvalue weighted by atomic mass is 9.72. The van der Waals surface area contributed by atoms with E-state index in [-0.39, 0.29) is 11.3 Å². The molecule has 0 saturated heterocycles. The van der Waals surface area contributed by atoms with Gasteiger partial charge >= 0.3 is 0 Å². The number of thiophene rings is 1. The fraction of sp³-hybridized carbons (Fsp3) is 0.333. The highest BCUT2D eigenvalue weighted by molar-refractivity contribution is 7.16. The molecule has 0 saturated carbocycles. The van der Waals surface area contributed by atoms with Crippen LogP contribution in [0.5, 0.6) is 5.75 Å². The molecular formula is C27H29ClN2O2S. The lowest BCUT2D eigenvalue weighted by Gasteiger charge is -2.33. The van der Waals surface area contributed by atoms with Gasteiger partial charge in [0.15, 0.2) is 0 Å². The minimum atomic E-state index is -0.133. The highest BCUT2D eigenvalue weighted by atomic mass is 35.5. The van der Waals surface area contributed by atoms with Crippen molar-refractivity contribution in [2.24, 2.45) is 16.3 Å². The number of hydrogen-bond acceptors (Lipinski definition) is 4. The van der Waals surface area contributed by atoms with Gasteiger partial charge in [0.25, 0.3) is 5.91 Å². The van der Waals surface area contributed by atoms with Gasteiger partial charge in [-0.3, -0.25) is 4.79 Å². The molecule has 3 aromatic rings. The first-order chi connectivity index (χ1) is 15.7. The number of fused-ring (bicyclic) bond motifs is 1. The highest BCUT2D eigenvalue weighted by Crippen LogP contribution is 2.45. The van der Waals surface area contributed by atoms with Gasteiger partial charge < -0.3 is 10.1 Å². The van der Waals surface area contributed by atoms with Gasteiger partial charge in [-0.05, 0) is 84.2 Å². The Morgan fingerprint density at radius 3 is 2.64 bits per heavy atom. The first-order valence-corrected chi connectivity index (χ1v) is 12.3. The zero-order valence-electron chi connectivity index (χ0n) is 19.4. The van der Waals surface area contributed by atoms with Crippen molar-refractivity contribution >= 4 is 45.7 Å². The Morgan fingerprint density at radius 1 is 1.21 bits per heavy atom. The number of ether oxygens (including phenoxy) is 1. The third-order valence-corrected chi connectivity index (χ3v) is 7.63. The second kappa shape index (κ2) is 9.70. The third-order valence-electron chi connectivity index (χ3n) is 6.23. The van der Waals surface area contributed by atoms with Crippen LogP contribution in [0.25, 0.3) is 0 Å². The predicted octanol–water partition coefficient (Wildman–Crippen LogP) is 7.56. The van der Waals surface area contributed by atoms with Gasteiger partial charge in [0, 0.05) is 21.8 Å². The Bertz CT molecular complexity index is 1180. The number of benzene rings is 2. The van der Waals surface area contributed by atoms with Crippen molar-refractivity contribution in [2.45, 2.75) is 40.0 Å². The molecule has 6 heteroatoms. The van der Waals surface area contributed by atoms with Crippen LogP contribution in [-0.4, -0.2) is 19.2 Å². The summed E-state index contributed by atoms with van der Waals surface area (Å²) in [6.07, 6.45) is 4.77. The number of aliphatic imine (C=N–C) groups is 1. The van der Waals surface area contributed by atoms with Crippen molar-refractivity contribution in [1.82, 2.24) is 0 Å². The van der Waals surface area contributed by atoms with E-state index in [4.69, 9.17) is 21.3 Å². The number of hydrogen-bond donors (Lipinski definition) is 1. The Kier molecular flexibility index (Phi) is 6.91. The van der Waals surface area contributed by atoms with E-state index in [1.807, 2.05) is 42.6 Å². The smallest absolute Gasteiger partial charge is 0.259 e. The summed E-state index contributed by atoms with van der Waals surface area (Å²) in [6.45, 7) is 6.89. The molecular weight excluding hydrogens is 452 g/mol. The van der Waals surface area contributed by atoms with Crippen molar-refractivity contribution in [1.29, 1.82) is 0 Å². The van der Waals surface area contributed by atoms with Crippen LogP contribution in [0.15, 0.2) is 53.5 Å².